The summed E-state index contributed by atoms with van der Waals surface area (Å²) in [5.74, 6) is 1.02. The number of cyclic esters (lactones) is 1. The summed E-state index contributed by atoms with van der Waals surface area (Å²) in [6, 6.07) is 0. The van der Waals surface area contributed by atoms with Crippen molar-refractivity contribution in [2.45, 2.75) is 40.2 Å². The first-order chi connectivity index (χ1) is 5.52. The van der Waals surface area contributed by atoms with Crippen LogP contribution in [0.1, 0.15) is 34.1 Å². The predicted octanol–water partition coefficient (Wildman–Crippen LogP) is 2.23. The van der Waals surface area contributed by atoms with Crippen molar-refractivity contribution in [3.05, 3.63) is 0 Å². The van der Waals surface area contributed by atoms with Crippen molar-refractivity contribution in [2.24, 2.45) is 17.8 Å². The van der Waals surface area contributed by atoms with Crippen molar-refractivity contribution in [3.8, 4) is 0 Å². The number of carbonyl (C=O) groups excluding carboxylic acids is 1. The number of ether oxygens (including phenoxy) is 1. The van der Waals surface area contributed by atoms with Gasteiger partial charge < -0.3 is 4.74 Å². The maximum atomic E-state index is 11.2. The second-order valence-electron chi connectivity index (χ2n) is 4.26. The summed E-state index contributed by atoms with van der Waals surface area (Å²) < 4.78 is 5.33. The molecular formula is C10H18O2. The zero-order valence-corrected chi connectivity index (χ0v) is 8.33. The zero-order valence-electron chi connectivity index (χ0n) is 8.33. The number of esters is 1. The molecule has 12 heavy (non-hydrogen) atoms. The summed E-state index contributed by atoms with van der Waals surface area (Å²) in [6.07, 6.45) is 1.11. The molecule has 1 fully saturated rings. The fourth-order valence-electron chi connectivity index (χ4n) is 1.95. The van der Waals surface area contributed by atoms with Crippen LogP contribution in [0.2, 0.25) is 0 Å². The SMILES string of the molecule is CC(C)[C@@H]1OC(=O)[C@@H](C)C[C@H]1C. The van der Waals surface area contributed by atoms with Crippen molar-refractivity contribution in [3.63, 3.8) is 0 Å². The number of hydrogen-bond donors (Lipinski definition) is 0. The lowest BCUT2D eigenvalue weighted by Crippen LogP contribution is -2.38. The van der Waals surface area contributed by atoms with E-state index >= 15 is 0 Å². The van der Waals surface area contributed by atoms with Crippen LogP contribution >= 0.6 is 0 Å². The van der Waals surface area contributed by atoms with Crippen LogP contribution in [-0.4, -0.2) is 12.1 Å². The van der Waals surface area contributed by atoms with Crippen LogP contribution in [0.3, 0.4) is 0 Å². The Balaban J connectivity index is 2.61. The number of rotatable bonds is 1. The first kappa shape index (κ1) is 9.56. The van der Waals surface area contributed by atoms with E-state index in [2.05, 4.69) is 20.8 Å². The van der Waals surface area contributed by atoms with E-state index in [1.807, 2.05) is 6.92 Å². The van der Waals surface area contributed by atoms with E-state index < -0.39 is 0 Å². The zero-order chi connectivity index (χ0) is 9.30. The van der Waals surface area contributed by atoms with Crippen LogP contribution in [0.5, 0.6) is 0 Å². The minimum atomic E-state index is -0.0215. The Morgan fingerprint density at radius 1 is 1.42 bits per heavy atom. The second kappa shape index (κ2) is 3.46. The van der Waals surface area contributed by atoms with Gasteiger partial charge in [0.2, 0.25) is 0 Å². The van der Waals surface area contributed by atoms with Crippen LogP contribution in [0.15, 0.2) is 0 Å². The first-order valence-electron chi connectivity index (χ1n) is 4.73. The van der Waals surface area contributed by atoms with E-state index in [1.54, 1.807) is 0 Å². The van der Waals surface area contributed by atoms with E-state index in [0.717, 1.165) is 6.42 Å². The molecule has 0 unspecified atom stereocenters. The lowest BCUT2D eigenvalue weighted by Gasteiger charge is -2.34. The second-order valence-corrected chi connectivity index (χ2v) is 4.26. The van der Waals surface area contributed by atoms with Gasteiger partial charge in [0.1, 0.15) is 6.10 Å². The van der Waals surface area contributed by atoms with Crippen LogP contribution in [0.4, 0.5) is 0 Å². The summed E-state index contributed by atoms with van der Waals surface area (Å²) in [6.45, 7) is 8.30. The molecule has 2 nitrogen and oxygen atoms in total. The van der Waals surface area contributed by atoms with E-state index in [1.165, 1.54) is 0 Å². The average Bonchev–Trinajstić information content (AvgIpc) is 1.96. The molecule has 2 heteroatoms. The molecular weight excluding hydrogens is 152 g/mol. The van der Waals surface area contributed by atoms with Gasteiger partial charge >= 0.3 is 5.97 Å². The van der Waals surface area contributed by atoms with Gasteiger partial charge in [0.25, 0.3) is 0 Å². The van der Waals surface area contributed by atoms with Gasteiger partial charge in [0.15, 0.2) is 0 Å². The van der Waals surface area contributed by atoms with Gasteiger partial charge in [-0.15, -0.1) is 0 Å². The smallest absolute Gasteiger partial charge is 0.308 e. The maximum Gasteiger partial charge on any atom is 0.308 e. The minimum Gasteiger partial charge on any atom is -0.462 e. The van der Waals surface area contributed by atoms with Crippen molar-refractivity contribution >= 4 is 5.97 Å². The third-order valence-corrected chi connectivity index (χ3v) is 2.60. The summed E-state index contributed by atoms with van der Waals surface area (Å²) in [5.41, 5.74) is 0. The molecule has 0 amide bonds. The minimum absolute atomic E-state index is 0.0215. The Labute approximate surface area is 74.3 Å². The van der Waals surface area contributed by atoms with Crippen LogP contribution in [0.25, 0.3) is 0 Å². The molecule has 0 aromatic carbocycles. The van der Waals surface area contributed by atoms with Crippen molar-refractivity contribution in [1.29, 1.82) is 0 Å². The lowest BCUT2D eigenvalue weighted by molar-refractivity contribution is -0.167. The monoisotopic (exact) mass is 170 g/mol. The van der Waals surface area contributed by atoms with Crippen molar-refractivity contribution in [2.75, 3.05) is 0 Å². The van der Waals surface area contributed by atoms with Gasteiger partial charge in [0, 0.05) is 0 Å². The standard InChI is InChI=1S/C10H18O2/c1-6(2)9-7(3)5-8(4)10(11)12-9/h6-9H,5H2,1-4H3/t7-,8+,9+/m1/s1. The first-order valence-corrected chi connectivity index (χ1v) is 4.73. The van der Waals surface area contributed by atoms with E-state index in [9.17, 15) is 4.79 Å². The van der Waals surface area contributed by atoms with Gasteiger partial charge in [0.05, 0.1) is 5.92 Å². The summed E-state index contributed by atoms with van der Waals surface area (Å²) in [5, 5.41) is 0. The highest BCUT2D eigenvalue weighted by Crippen LogP contribution is 2.29. The molecule has 0 aromatic heterocycles. The molecule has 0 radical (unpaired) electrons. The third-order valence-electron chi connectivity index (χ3n) is 2.60. The van der Waals surface area contributed by atoms with E-state index in [4.69, 9.17) is 4.74 Å². The molecule has 0 aromatic rings. The predicted molar refractivity (Wildman–Crippen MR) is 47.7 cm³/mol. The maximum absolute atomic E-state index is 11.2. The summed E-state index contributed by atoms with van der Waals surface area (Å²) >= 11 is 0. The Morgan fingerprint density at radius 2 is 2.00 bits per heavy atom. The topological polar surface area (TPSA) is 26.3 Å². The van der Waals surface area contributed by atoms with Gasteiger partial charge in [-0.2, -0.15) is 0 Å². The van der Waals surface area contributed by atoms with Gasteiger partial charge in [-0.1, -0.05) is 27.7 Å². The van der Waals surface area contributed by atoms with Gasteiger partial charge in [-0.3, -0.25) is 4.79 Å². The molecule has 0 spiro atoms. The molecule has 3 atom stereocenters. The number of hydrogen-bond acceptors (Lipinski definition) is 2. The third kappa shape index (κ3) is 1.79. The Morgan fingerprint density at radius 3 is 2.50 bits per heavy atom. The van der Waals surface area contributed by atoms with Crippen molar-refractivity contribution < 1.29 is 9.53 Å². The quantitative estimate of drug-likeness (QED) is 0.564. The largest absolute Gasteiger partial charge is 0.462 e. The van der Waals surface area contributed by atoms with Crippen LogP contribution in [-0.2, 0) is 9.53 Å². The molecule has 1 saturated heterocycles. The molecule has 70 valence electrons. The summed E-state index contributed by atoms with van der Waals surface area (Å²) in [4.78, 5) is 11.2. The Hall–Kier alpha value is -0.530. The molecule has 0 N–H and O–H groups in total. The molecule has 1 rings (SSSR count). The highest BCUT2D eigenvalue weighted by molar-refractivity contribution is 5.73. The fourth-order valence-corrected chi connectivity index (χ4v) is 1.95. The fraction of sp³-hybridized carbons (Fsp3) is 0.900. The van der Waals surface area contributed by atoms with Gasteiger partial charge in [-0.05, 0) is 18.3 Å². The number of carbonyl (C=O) groups is 1. The Kier molecular flexibility index (Phi) is 2.76. The molecule has 0 aliphatic carbocycles. The summed E-state index contributed by atoms with van der Waals surface area (Å²) in [7, 11) is 0. The van der Waals surface area contributed by atoms with Crippen LogP contribution in [0, 0.1) is 17.8 Å². The Bertz CT molecular complexity index is 175. The molecule has 1 aliphatic heterocycles. The van der Waals surface area contributed by atoms with Crippen LogP contribution < -0.4 is 0 Å². The van der Waals surface area contributed by atoms with Crippen molar-refractivity contribution in [1.82, 2.24) is 0 Å². The molecule has 0 bridgehead atoms. The molecule has 1 heterocycles. The lowest BCUT2D eigenvalue weighted by atomic mass is 9.85. The normalized spacial score (nSPS) is 36.8. The van der Waals surface area contributed by atoms with E-state index in [0.29, 0.717) is 11.8 Å². The highest BCUT2D eigenvalue weighted by Gasteiger charge is 2.34. The average molecular weight is 170 g/mol. The molecule has 0 saturated carbocycles. The highest BCUT2D eigenvalue weighted by atomic mass is 16.5. The van der Waals surface area contributed by atoms with Gasteiger partial charge in [-0.25, -0.2) is 0 Å². The van der Waals surface area contributed by atoms with E-state index in [-0.39, 0.29) is 18.0 Å². The molecule has 1 aliphatic rings.